The number of allylic oxidation sites excluding steroid dienone is 9. The van der Waals surface area contributed by atoms with E-state index in [2.05, 4.69) is 72.8 Å². The molecule has 0 atom stereocenters. The highest BCUT2D eigenvalue weighted by Crippen LogP contribution is 2.12. The molecule has 2 heteroatoms. The Bertz CT molecular complexity index is 619. The molecule has 0 radical (unpaired) electrons. The molecular weight excluding hydrogens is 356 g/mol. The van der Waals surface area contributed by atoms with Gasteiger partial charge in [-0.1, -0.05) is 52.2 Å². The van der Waals surface area contributed by atoms with Gasteiger partial charge in [-0.2, -0.15) is 0 Å². The maximum atomic E-state index is 11.9. The van der Waals surface area contributed by atoms with Gasteiger partial charge in [0.15, 0.2) is 0 Å². The third-order valence-electron chi connectivity index (χ3n) is 4.73. The second-order valence-corrected chi connectivity index (χ2v) is 8.55. The zero-order valence-electron chi connectivity index (χ0n) is 20.1. The van der Waals surface area contributed by atoms with E-state index in [4.69, 9.17) is 4.74 Å². The summed E-state index contributed by atoms with van der Waals surface area (Å²) in [4.78, 5) is 11.9. The molecular formula is C27H44O2. The van der Waals surface area contributed by atoms with E-state index in [0.717, 1.165) is 44.9 Å². The van der Waals surface area contributed by atoms with Gasteiger partial charge < -0.3 is 4.74 Å². The van der Waals surface area contributed by atoms with Crippen molar-refractivity contribution in [3.63, 3.8) is 0 Å². The standard InChI is InChI=1S/C27H44O2/c1-22(2)12-8-14-24(5)16-10-17-25(6)18-11-19-27(28)29-21-20-26(7)15-9-13-23(3)4/h12-13,16,18,20H,8-11,14-15,17,19,21H2,1-7H3/b24-16+,25-18-,26-20+. The highest BCUT2D eigenvalue weighted by molar-refractivity contribution is 5.69. The minimum Gasteiger partial charge on any atom is -0.461 e. The molecule has 0 fully saturated rings. The predicted molar refractivity (Wildman–Crippen MR) is 128 cm³/mol. The monoisotopic (exact) mass is 400 g/mol. The predicted octanol–water partition coefficient (Wildman–Crippen LogP) is 8.42. The zero-order valence-corrected chi connectivity index (χ0v) is 20.1. The van der Waals surface area contributed by atoms with E-state index < -0.39 is 0 Å². The van der Waals surface area contributed by atoms with Crippen LogP contribution in [0, 0.1) is 0 Å². The van der Waals surface area contributed by atoms with Gasteiger partial charge in [-0.3, -0.25) is 4.79 Å². The van der Waals surface area contributed by atoms with Gasteiger partial charge in [-0.05, 0) is 99.5 Å². The Labute approximate surface area is 180 Å². The van der Waals surface area contributed by atoms with Crippen LogP contribution in [0.4, 0.5) is 0 Å². The molecule has 0 rings (SSSR count). The van der Waals surface area contributed by atoms with Crippen molar-refractivity contribution in [3.05, 3.63) is 58.2 Å². The molecule has 0 N–H and O–H groups in total. The first-order chi connectivity index (χ1) is 13.7. The van der Waals surface area contributed by atoms with E-state index in [0.29, 0.717) is 13.0 Å². The van der Waals surface area contributed by atoms with Crippen LogP contribution >= 0.6 is 0 Å². The van der Waals surface area contributed by atoms with Gasteiger partial charge >= 0.3 is 5.97 Å². The van der Waals surface area contributed by atoms with Gasteiger partial charge in [0.05, 0.1) is 0 Å². The van der Waals surface area contributed by atoms with E-state index >= 15 is 0 Å². The molecule has 0 aromatic rings. The van der Waals surface area contributed by atoms with Crippen LogP contribution in [0.15, 0.2) is 58.2 Å². The van der Waals surface area contributed by atoms with Gasteiger partial charge in [0.1, 0.15) is 6.61 Å². The largest absolute Gasteiger partial charge is 0.461 e. The minimum atomic E-state index is -0.114. The Morgan fingerprint density at radius 3 is 1.38 bits per heavy atom. The molecule has 0 saturated carbocycles. The lowest BCUT2D eigenvalue weighted by Gasteiger charge is -2.04. The molecule has 0 aliphatic carbocycles. The number of ether oxygens (including phenoxy) is 1. The second-order valence-electron chi connectivity index (χ2n) is 8.55. The number of esters is 1. The van der Waals surface area contributed by atoms with Crippen molar-refractivity contribution < 1.29 is 9.53 Å². The molecule has 0 aliphatic heterocycles. The quantitative estimate of drug-likeness (QED) is 0.216. The molecule has 164 valence electrons. The molecule has 0 spiro atoms. The van der Waals surface area contributed by atoms with Crippen molar-refractivity contribution in [3.8, 4) is 0 Å². The van der Waals surface area contributed by atoms with Crippen molar-refractivity contribution in [1.29, 1.82) is 0 Å². The molecule has 29 heavy (non-hydrogen) atoms. The molecule has 0 amide bonds. The Kier molecular flexibility index (Phi) is 16.0. The van der Waals surface area contributed by atoms with E-state index in [1.807, 2.05) is 6.08 Å². The van der Waals surface area contributed by atoms with Crippen LogP contribution in [0.5, 0.6) is 0 Å². The van der Waals surface area contributed by atoms with Gasteiger partial charge in [0.2, 0.25) is 0 Å². The summed E-state index contributed by atoms with van der Waals surface area (Å²) in [6.07, 6.45) is 18.8. The number of carbonyl (C=O) groups excluding carboxylic acids is 1. The van der Waals surface area contributed by atoms with Gasteiger partial charge in [0, 0.05) is 6.42 Å². The molecule has 0 heterocycles. The summed E-state index contributed by atoms with van der Waals surface area (Å²) >= 11 is 0. The van der Waals surface area contributed by atoms with Crippen molar-refractivity contribution in [1.82, 2.24) is 0 Å². The van der Waals surface area contributed by atoms with Crippen LogP contribution in [-0.2, 0) is 9.53 Å². The Hall–Kier alpha value is -1.83. The normalized spacial score (nSPS) is 12.6. The van der Waals surface area contributed by atoms with E-state index in [9.17, 15) is 4.79 Å². The summed E-state index contributed by atoms with van der Waals surface area (Å²) in [7, 11) is 0. The summed E-state index contributed by atoms with van der Waals surface area (Å²) in [6.45, 7) is 15.4. The van der Waals surface area contributed by atoms with Crippen molar-refractivity contribution >= 4 is 5.97 Å². The molecule has 0 aromatic heterocycles. The summed E-state index contributed by atoms with van der Waals surface area (Å²) < 4.78 is 5.31. The minimum absolute atomic E-state index is 0.114. The summed E-state index contributed by atoms with van der Waals surface area (Å²) in [5.74, 6) is -0.114. The average molecular weight is 401 g/mol. The van der Waals surface area contributed by atoms with Crippen molar-refractivity contribution in [2.24, 2.45) is 0 Å². The second kappa shape index (κ2) is 17.1. The van der Waals surface area contributed by atoms with Crippen molar-refractivity contribution in [2.45, 2.75) is 99.8 Å². The summed E-state index contributed by atoms with van der Waals surface area (Å²) in [5.41, 5.74) is 6.82. The van der Waals surface area contributed by atoms with E-state index in [-0.39, 0.29) is 5.97 Å². The lowest BCUT2D eigenvalue weighted by molar-refractivity contribution is -0.142. The highest BCUT2D eigenvalue weighted by atomic mass is 16.5. The highest BCUT2D eigenvalue weighted by Gasteiger charge is 2.01. The fraction of sp³-hybridized carbons (Fsp3) is 0.593. The first kappa shape index (κ1) is 27.2. The third-order valence-corrected chi connectivity index (χ3v) is 4.73. The molecule has 0 saturated heterocycles. The lowest BCUT2D eigenvalue weighted by Crippen LogP contribution is -2.04. The fourth-order valence-corrected chi connectivity index (χ4v) is 2.81. The first-order valence-corrected chi connectivity index (χ1v) is 11.1. The van der Waals surface area contributed by atoms with Gasteiger partial charge in [-0.15, -0.1) is 0 Å². The molecule has 0 bridgehead atoms. The van der Waals surface area contributed by atoms with Crippen LogP contribution in [0.2, 0.25) is 0 Å². The van der Waals surface area contributed by atoms with E-state index in [1.165, 1.54) is 27.9 Å². The first-order valence-electron chi connectivity index (χ1n) is 11.1. The van der Waals surface area contributed by atoms with Crippen LogP contribution in [0.1, 0.15) is 99.8 Å². The van der Waals surface area contributed by atoms with E-state index in [1.54, 1.807) is 0 Å². The Morgan fingerprint density at radius 1 is 0.552 bits per heavy atom. The number of rotatable bonds is 14. The zero-order chi connectivity index (χ0) is 22.1. The Balaban J connectivity index is 3.99. The summed E-state index contributed by atoms with van der Waals surface area (Å²) in [6, 6.07) is 0. The van der Waals surface area contributed by atoms with Gasteiger partial charge in [0.25, 0.3) is 0 Å². The van der Waals surface area contributed by atoms with Crippen LogP contribution in [0.25, 0.3) is 0 Å². The van der Waals surface area contributed by atoms with Crippen molar-refractivity contribution in [2.75, 3.05) is 6.61 Å². The topological polar surface area (TPSA) is 26.3 Å². The van der Waals surface area contributed by atoms with Crippen LogP contribution in [0.3, 0.4) is 0 Å². The summed E-state index contributed by atoms with van der Waals surface area (Å²) in [5, 5.41) is 0. The number of hydrogen-bond donors (Lipinski definition) is 0. The van der Waals surface area contributed by atoms with Gasteiger partial charge in [-0.25, -0.2) is 0 Å². The maximum Gasteiger partial charge on any atom is 0.306 e. The molecule has 0 aromatic carbocycles. The fourth-order valence-electron chi connectivity index (χ4n) is 2.81. The molecule has 0 unspecified atom stereocenters. The lowest BCUT2D eigenvalue weighted by atomic mass is 10.1. The number of carbonyl (C=O) groups is 1. The molecule has 0 aliphatic rings. The van der Waals surface area contributed by atoms with Crippen LogP contribution < -0.4 is 0 Å². The SMILES string of the molecule is CC(C)=CCC/C(C)=C/CC/C(C)=C\CCC(=O)OC/C=C(\C)CCC=C(C)C. The number of hydrogen-bond acceptors (Lipinski definition) is 2. The maximum absolute atomic E-state index is 11.9. The Morgan fingerprint density at radius 2 is 0.931 bits per heavy atom. The molecule has 2 nitrogen and oxygen atoms in total. The average Bonchev–Trinajstić information content (AvgIpc) is 2.61. The third kappa shape index (κ3) is 19.3. The smallest absolute Gasteiger partial charge is 0.306 e. The van der Waals surface area contributed by atoms with Crippen LogP contribution in [-0.4, -0.2) is 12.6 Å².